The standard InChI is InChI=1S/C13H21N3O2S/c1-4-10(5-2)12(18)16(6-3)9-11(17)15-13-14-7-8-19-13/h7-8,10H,4-6,9H2,1-3H3,(H,14,15,17). The first kappa shape index (κ1) is 15.6. The van der Waals surface area contributed by atoms with Gasteiger partial charge in [0.15, 0.2) is 5.13 Å². The SMILES string of the molecule is CCC(CC)C(=O)N(CC)CC(=O)Nc1nccs1. The van der Waals surface area contributed by atoms with Gasteiger partial charge in [-0.3, -0.25) is 9.59 Å². The van der Waals surface area contributed by atoms with Crippen LogP contribution in [0.2, 0.25) is 0 Å². The van der Waals surface area contributed by atoms with Crippen LogP contribution < -0.4 is 5.32 Å². The summed E-state index contributed by atoms with van der Waals surface area (Å²) in [6.07, 6.45) is 3.24. The predicted molar refractivity (Wildman–Crippen MR) is 77.1 cm³/mol. The molecule has 6 heteroatoms. The first-order chi connectivity index (χ1) is 9.12. The van der Waals surface area contributed by atoms with E-state index in [-0.39, 0.29) is 24.3 Å². The van der Waals surface area contributed by atoms with Gasteiger partial charge in [0.2, 0.25) is 11.8 Å². The Labute approximate surface area is 118 Å². The van der Waals surface area contributed by atoms with E-state index in [4.69, 9.17) is 0 Å². The van der Waals surface area contributed by atoms with Crippen LogP contribution in [0.3, 0.4) is 0 Å². The van der Waals surface area contributed by atoms with E-state index in [1.165, 1.54) is 11.3 Å². The molecule has 0 saturated carbocycles. The predicted octanol–water partition coefficient (Wildman–Crippen LogP) is 2.37. The van der Waals surface area contributed by atoms with Crippen molar-refractivity contribution in [1.82, 2.24) is 9.88 Å². The molecule has 0 bridgehead atoms. The minimum Gasteiger partial charge on any atom is -0.333 e. The van der Waals surface area contributed by atoms with E-state index in [0.29, 0.717) is 11.7 Å². The van der Waals surface area contributed by atoms with Crippen molar-refractivity contribution < 1.29 is 9.59 Å². The summed E-state index contributed by atoms with van der Waals surface area (Å²) in [5.41, 5.74) is 0. The van der Waals surface area contributed by atoms with Crippen LogP contribution >= 0.6 is 11.3 Å². The van der Waals surface area contributed by atoms with Gasteiger partial charge in [-0.25, -0.2) is 4.98 Å². The molecule has 1 N–H and O–H groups in total. The average Bonchev–Trinajstić information content (AvgIpc) is 2.90. The van der Waals surface area contributed by atoms with E-state index in [0.717, 1.165) is 12.8 Å². The third kappa shape index (κ3) is 4.63. The number of carbonyl (C=O) groups is 2. The lowest BCUT2D eigenvalue weighted by Gasteiger charge is -2.24. The number of nitrogens with one attached hydrogen (secondary N) is 1. The fourth-order valence-electron chi connectivity index (χ4n) is 1.86. The molecule has 1 aromatic heterocycles. The summed E-state index contributed by atoms with van der Waals surface area (Å²) in [6, 6.07) is 0. The molecule has 0 aliphatic rings. The molecule has 0 aromatic carbocycles. The molecule has 0 aliphatic heterocycles. The summed E-state index contributed by atoms with van der Waals surface area (Å²) in [5, 5.41) is 5.05. The fraction of sp³-hybridized carbons (Fsp3) is 0.615. The highest BCUT2D eigenvalue weighted by Crippen LogP contribution is 2.13. The maximum Gasteiger partial charge on any atom is 0.245 e. The lowest BCUT2D eigenvalue weighted by Crippen LogP contribution is -2.41. The van der Waals surface area contributed by atoms with Gasteiger partial charge < -0.3 is 10.2 Å². The maximum absolute atomic E-state index is 12.2. The van der Waals surface area contributed by atoms with Gasteiger partial charge in [-0.15, -0.1) is 11.3 Å². The molecule has 0 unspecified atom stereocenters. The van der Waals surface area contributed by atoms with E-state index in [9.17, 15) is 9.59 Å². The van der Waals surface area contributed by atoms with Gasteiger partial charge >= 0.3 is 0 Å². The summed E-state index contributed by atoms with van der Waals surface area (Å²) in [5.74, 6) is -0.134. The Bertz CT molecular complexity index is 402. The Morgan fingerprint density at radius 1 is 1.37 bits per heavy atom. The highest BCUT2D eigenvalue weighted by molar-refractivity contribution is 7.13. The van der Waals surface area contributed by atoms with Gasteiger partial charge in [-0.1, -0.05) is 13.8 Å². The van der Waals surface area contributed by atoms with E-state index in [1.54, 1.807) is 16.5 Å². The number of hydrogen-bond donors (Lipinski definition) is 1. The van der Waals surface area contributed by atoms with Crippen molar-refractivity contribution in [3.05, 3.63) is 11.6 Å². The second-order valence-corrected chi connectivity index (χ2v) is 5.15. The molecule has 2 amide bonds. The molecule has 106 valence electrons. The highest BCUT2D eigenvalue weighted by atomic mass is 32.1. The van der Waals surface area contributed by atoms with Crippen LogP contribution in [0, 0.1) is 5.92 Å². The highest BCUT2D eigenvalue weighted by Gasteiger charge is 2.22. The number of rotatable bonds is 7. The zero-order valence-electron chi connectivity index (χ0n) is 11.7. The molecule has 0 fully saturated rings. The minimum atomic E-state index is -0.198. The number of likely N-dealkylation sites (N-methyl/N-ethyl adjacent to an activating group) is 1. The summed E-state index contributed by atoms with van der Waals surface area (Å²) in [4.78, 5) is 29.6. The van der Waals surface area contributed by atoms with Gasteiger partial charge in [-0.2, -0.15) is 0 Å². The number of hydrogen-bond acceptors (Lipinski definition) is 4. The number of nitrogens with zero attached hydrogens (tertiary/aromatic N) is 2. The third-order valence-corrected chi connectivity index (χ3v) is 3.73. The van der Waals surface area contributed by atoms with Crippen molar-refractivity contribution in [3.63, 3.8) is 0 Å². The van der Waals surface area contributed by atoms with Crippen LogP contribution in [0.4, 0.5) is 5.13 Å². The van der Waals surface area contributed by atoms with Crippen molar-refractivity contribution in [2.24, 2.45) is 5.92 Å². The van der Waals surface area contributed by atoms with E-state index < -0.39 is 0 Å². The van der Waals surface area contributed by atoms with Crippen LogP contribution in [0.5, 0.6) is 0 Å². The molecule has 1 aromatic rings. The first-order valence-electron chi connectivity index (χ1n) is 6.60. The fourth-order valence-corrected chi connectivity index (χ4v) is 2.40. The Balaban J connectivity index is 2.56. The van der Waals surface area contributed by atoms with E-state index in [2.05, 4.69) is 10.3 Å². The third-order valence-electron chi connectivity index (χ3n) is 3.04. The summed E-state index contributed by atoms with van der Waals surface area (Å²) in [7, 11) is 0. The van der Waals surface area contributed by atoms with Crippen LogP contribution in [0.25, 0.3) is 0 Å². The van der Waals surface area contributed by atoms with Gasteiger partial charge in [-0.05, 0) is 19.8 Å². The second-order valence-electron chi connectivity index (χ2n) is 4.25. The van der Waals surface area contributed by atoms with E-state index in [1.807, 2.05) is 20.8 Å². The monoisotopic (exact) mass is 283 g/mol. The molecule has 5 nitrogen and oxygen atoms in total. The van der Waals surface area contributed by atoms with Crippen molar-refractivity contribution >= 4 is 28.3 Å². The normalized spacial score (nSPS) is 10.5. The van der Waals surface area contributed by atoms with E-state index >= 15 is 0 Å². The quantitative estimate of drug-likeness (QED) is 0.835. The van der Waals surface area contributed by atoms with Crippen LogP contribution in [-0.4, -0.2) is 34.8 Å². The molecule has 0 spiro atoms. The molecule has 1 rings (SSSR count). The van der Waals surface area contributed by atoms with Crippen molar-refractivity contribution in [2.75, 3.05) is 18.4 Å². The smallest absolute Gasteiger partial charge is 0.245 e. The number of anilines is 1. The Hall–Kier alpha value is -1.43. The van der Waals surface area contributed by atoms with Gasteiger partial charge in [0.05, 0.1) is 6.54 Å². The summed E-state index contributed by atoms with van der Waals surface area (Å²) >= 11 is 1.36. The largest absolute Gasteiger partial charge is 0.333 e. The first-order valence-corrected chi connectivity index (χ1v) is 7.48. The Morgan fingerprint density at radius 3 is 2.53 bits per heavy atom. The molecule has 1 heterocycles. The van der Waals surface area contributed by atoms with Gasteiger partial charge in [0.25, 0.3) is 0 Å². The summed E-state index contributed by atoms with van der Waals surface area (Å²) in [6.45, 7) is 6.51. The zero-order valence-corrected chi connectivity index (χ0v) is 12.5. The lowest BCUT2D eigenvalue weighted by atomic mass is 10.0. The topological polar surface area (TPSA) is 62.3 Å². The minimum absolute atomic E-state index is 0.00705. The molecule has 0 atom stereocenters. The number of amides is 2. The second kappa shape index (κ2) is 7.89. The van der Waals surface area contributed by atoms with Gasteiger partial charge in [0, 0.05) is 24.0 Å². The number of carbonyl (C=O) groups excluding carboxylic acids is 2. The maximum atomic E-state index is 12.2. The van der Waals surface area contributed by atoms with Gasteiger partial charge in [0.1, 0.15) is 0 Å². The molecular weight excluding hydrogens is 262 g/mol. The van der Waals surface area contributed by atoms with Crippen molar-refractivity contribution in [1.29, 1.82) is 0 Å². The Kier molecular flexibility index (Phi) is 6.49. The van der Waals surface area contributed by atoms with Crippen LogP contribution in [-0.2, 0) is 9.59 Å². The molecular formula is C13H21N3O2S. The Morgan fingerprint density at radius 2 is 2.05 bits per heavy atom. The zero-order chi connectivity index (χ0) is 14.3. The van der Waals surface area contributed by atoms with Crippen molar-refractivity contribution in [3.8, 4) is 0 Å². The number of thiazole rings is 1. The molecule has 19 heavy (non-hydrogen) atoms. The molecule has 0 saturated heterocycles. The average molecular weight is 283 g/mol. The van der Waals surface area contributed by atoms with Crippen molar-refractivity contribution in [2.45, 2.75) is 33.6 Å². The summed E-state index contributed by atoms with van der Waals surface area (Å²) < 4.78 is 0. The molecule has 0 aliphatic carbocycles. The lowest BCUT2D eigenvalue weighted by molar-refractivity contribution is -0.138. The number of aromatic nitrogens is 1. The van der Waals surface area contributed by atoms with Crippen LogP contribution in [0.1, 0.15) is 33.6 Å². The van der Waals surface area contributed by atoms with Crippen LogP contribution in [0.15, 0.2) is 11.6 Å². The molecule has 0 radical (unpaired) electrons.